The van der Waals surface area contributed by atoms with E-state index in [1.807, 2.05) is 32.2 Å². The van der Waals surface area contributed by atoms with Crippen LogP contribution in [0.15, 0.2) is 41.3 Å². The number of nitrogens with zero attached hydrogens (tertiary/aromatic N) is 3. The van der Waals surface area contributed by atoms with Crippen LogP contribution in [0.25, 0.3) is 11.4 Å². The third-order valence-electron chi connectivity index (χ3n) is 4.17. The Hall–Kier alpha value is -2.47. The Morgan fingerprint density at radius 1 is 1.26 bits per heavy atom. The molecular weight excluding hydrogens is 292 g/mol. The summed E-state index contributed by atoms with van der Waals surface area (Å²) in [6.45, 7) is 4.28. The lowest BCUT2D eigenvalue weighted by Crippen LogP contribution is -2.53. The van der Waals surface area contributed by atoms with Crippen molar-refractivity contribution < 1.29 is 4.79 Å². The normalized spacial score (nSPS) is 18.9. The fourth-order valence-electron chi connectivity index (χ4n) is 2.91. The summed E-state index contributed by atoms with van der Waals surface area (Å²) in [5, 5.41) is 0. The molecule has 6 nitrogen and oxygen atoms in total. The molecule has 0 saturated carbocycles. The molecule has 0 aliphatic carbocycles. The third-order valence-corrected chi connectivity index (χ3v) is 4.17. The van der Waals surface area contributed by atoms with E-state index >= 15 is 0 Å². The minimum atomic E-state index is -0.371. The van der Waals surface area contributed by atoms with Crippen molar-refractivity contribution in [1.29, 1.82) is 0 Å². The van der Waals surface area contributed by atoms with E-state index in [1.165, 1.54) is 0 Å². The number of carbonyl (C=O) groups is 1. The van der Waals surface area contributed by atoms with E-state index in [4.69, 9.17) is 0 Å². The quantitative estimate of drug-likeness (QED) is 0.905. The van der Waals surface area contributed by atoms with Crippen molar-refractivity contribution in [2.45, 2.75) is 13.0 Å². The molecule has 1 fully saturated rings. The van der Waals surface area contributed by atoms with Crippen LogP contribution in [0.5, 0.6) is 0 Å². The van der Waals surface area contributed by atoms with E-state index in [0.29, 0.717) is 17.9 Å². The number of hydrogen-bond donors (Lipinski definition) is 1. The second-order valence-corrected chi connectivity index (χ2v) is 5.94. The van der Waals surface area contributed by atoms with Gasteiger partial charge in [-0.15, -0.1) is 0 Å². The van der Waals surface area contributed by atoms with Crippen LogP contribution in [-0.4, -0.2) is 58.4 Å². The molecule has 6 heteroatoms. The summed E-state index contributed by atoms with van der Waals surface area (Å²) in [7, 11) is 2.03. The summed E-state index contributed by atoms with van der Waals surface area (Å²) < 4.78 is 0. The maximum absolute atomic E-state index is 12.7. The summed E-state index contributed by atoms with van der Waals surface area (Å²) in [5.74, 6) is -0.209. The number of likely N-dealkylation sites (N-methyl/N-ethyl adjacent to an activating group) is 1. The maximum atomic E-state index is 12.7. The van der Waals surface area contributed by atoms with Crippen LogP contribution in [0.4, 0.5) is 0 Å². The number of hydrogen-bond acceptors (Lipinski definition) is 4. The van der Waals surface area contributed by atoms with Crippen molar-refractivity contribution >= 4 is 5.91 Å². The highest BCUT2D eigenvalue weighted by Crippen LogP contribution is 2.14. The lowest BCUT2D eigenvalue weighted by atomic mass is 10.1. The van der Waals surface area contributed by atoms with Gasteiger partial charge in [0, 0.05) is 31.9 Å². The van der Waals surface area contributed by atoms with Crippen molar-refractivity contribution in [3.8, 4) is 11.4 Å². The number of carbonyl (C=O) groups excluding carboxylic acids is 1. The van der Waals surface area contributed by atoms with Crippen molar-refractivity contribution in [2.75, 3.05) is 26.7 Å². The molecule has 2 aromatic heterocycles. The van der Waals surface area contributed by atoms with Crippen LogP contribution in [-0.2, 0) is 0 Å². The van der Waals surface area contributed by atoms with Gasteiger partial charge in [0.15, 0.2) is 0 Å². The maximum Gasteiger partial charge on any atom is 0.261 e. The van der Waals surface area contributed by atoms with Crippen molar-refractivity contribution in [2.24, 2.45) is 0 Å². The molecule has 1 saturated heterocycles. The Morgan fingerprint density at radius 3 is 2.74 bits per heavy atom. The Morgan fingerprint density at radius 2 is 2.09 bits per heavy atom. The number of pyridine rings is 2. The van der Waals surface area contributed by atoms with Gasteiger partial charge in [0.05, 0.1) is 11.4 Å². The highest BCUT2D eigenvalue weighted by molar-refractivity contribution is 5.94. The lowest BCUT2D eigenvalue weighted by molar-refractivity contribution is 0.0532. The zero-order valence-corrected chi connectivity index (χ0v) is 13.3. The van der Waals surface area contributed by atoms with E-state index in [9.17, 15) is 9.59 Å². The Balaban J connectivity index is 1.86. The average molecular weight is 312 g/mol. The van der Waals surface area contributed by atoms with Crippen LogP contribution in [0, 0.1) is 0 Å². The molecule has 0 radical (unpaired) electrons. The zero-order valence-electron chi connectivity index (χ0n) is 13.3. The first-order valence-electron chi connectivity index (χ1n) is 7.70. The molecule has 3 heterocycles. The van der Waals surface area contributed by atoms with Gasteiger partial charge in [-0.3, -0.25) is 14.6 Å². The highest BCUT2D eigenvalue weighted by Gasteiger charge is 2.27. The topological polar surface area (TPSA) is 69.3 Å². The van der Waals surface area contributed by atoms with Gasteiger partial charge in [-0.2, -0.15) is 0 Å². The number of nitrogens with one attached hydrogen (secondary N) is 1. The average Bonchev–Trinajstić information content (AvgIpc) is 2.55. The van der Waals surface area contributed by atoms with Crippen molar-refractivity contribution in [3.05, 3.63) is 52.4 Å². The highest BCUT2D eigenvalue weighted by atomic mass is 16.2. The summed E-state index contributed by atoms with van der Waals surface area (Å²) in [6, 6.07) is 8.90. The summed E-state index contributed by atoms with van der Waals surface area (Å²) in [6.07, 6.45) is 1.67. The molecule has 1 aliphatic heterocycles. The number of rotatable bonds is 2. The molecule has 23 heavy (non-hydrogen) atoms. The second kappa shape index (κ2) is 6.34. The van der Waals surface area contributed by atoms with Gasteiger partial charge in [0.2, 0.25) is 0 Å². The first-order chi connectivity index (χ1) is 11.1. The van der Waals surface area contributed by atoms with Gasteiger partial charge in [-0.25, -0.2) is 0 Å². The Kier molecular flexibility index (Phi) is 4.25. The molecule has 0 unspecified atom stereocenters. The smallest absolute Gasteiger partial charge is 0.261 e. The summed E-state index contributed by atoms with van der Waals surface area (Å²) in [5.41, 5.74) is 1.10. The van der Waals surface area contributed by atoms with Crippen LogP contribution in [0.1, 0.15) is 17.3 Å². The third kappa shape index (κ3) is 3.17. The number of amides is 1. The van der Waals surface area contributed by atoms with Crippen molar-refractivity contribution in [1.82, 2.24) is 19.8 Å². The number of H-pyrrole nitrogens is 1. The molecule has 1 aliphatic rings. The molecular formula is C17H20N4O2. The zero-order chi connectivity index (χ0) is 16.4. The van der Waals surface area contributed by atoms with Gasteiger partial charge in [-0.05, 0) is 38.2 Å². The van der Waals surface area contributed by atoms with E-state index in [-0.39, 0.29) is 23.1 Å². The monoisotopic (exact) mass is 312 g/mol. The molecule has 3 rings (SSSR count). The van der Waals surface area contributed by atoms with Gasteiger partial charge in [0.1, 0.15) is 5.56 Å². The number of piperazine rings is 1. The first-order valence-corrected chi connectivity index (χ1v) is 7.70. The first kappa shape index (κ1) is 15.4. The molecule has 120 valence electrons. The van der Waals surface area contributed by atoms with E-state index < -0.39 is 0 Å². The minimum absolute atomic E-state index is 0.0936. The summed E-state index contributed by atoms with van der Waals surface area (Å²) in [4.78, 5) is 35.9. The molecule has 0 bridgehead atoms. The fourth-order valence-corrected chi connectivity index (χ4v) is 2.91. The standard InChI is InChI=1S/C17H20N4O2/c1-12-11-20(2)9-10-21(12)17(23)13-6-7-15(19-16(13)22)14-5-3-4-8-18-14/h3-8,12H,9-11H2,1-2H3,(H,19,22)/t12-/m0/s1. The summed E-state index contributed by atoms with van der Waals surface area (Å²) >= 11 is 0. The molecule has 1 N–H and O–H groups in total. The van der Waals surface area contributed by atoms with Crippen LogP contribution in [0.2, 0.25) is 0 Å². The molecule has 1 atom stereocenters. The van der Waals surface area contributed by atoms with E-state index in [1.54, 1.807) is 23.2 Å². The van der Waals surface area contributed by atoms with Gasteiger partial charge < -0.3 is 14.8 Å². The van der Waals surface area contributed by atoms with E-state index in [2.05, 4.69) is 14.9 Å². The Bertz CT molecular complexity index is 757. The fraction of sp³-hybridized carbons (Fsp3) is 0.353. The predicted octanol–water partition coefficient (Wildman–Crippen LogP) is 1.21. The van der Waals surface area contributed by atoms with Crippen LogP contribution in [0.3, 0.4) is 0 Å². The molecule has 1 amide bonds. The molecule has 0 spiro atoms. The largest absolute Gasteiger partial charge is 0.333 e. The van der Waals surface area contributed by atoms with Gasteiger partial charge >= 0.3 is 0 Å². The SMILES string of the molecule is C[C@H]1CN(C)CCN1C(=O)c1ccc(-c2ccccn2)[nH]c1=O. The molecule has 0 aromatic carbocycles. The predicted molar refractivity (Wildman–Crippen MR) is 88.3 cm³/mol. The van der Waals surface area contributed by atoms with Crippen LogP contribution >= 0.6 is 0 Å². The van der Waals surface area contributed by atoms with Gasteiger partial charge in [0.25, 0.3) is 11.5 Å². The lowest BCUT2D eigenvalue weighted by Gasteiger charge is -2.38. The van der Waals surface area contributed by atoms with Crippen molar-refractivity contribution in [3.63, 3.8) is 0 Å². The number of aromatic amines is 1. The van der Waals surface area contributed by atoms with E-state index in [0.717, 1.165) is 13.1 Å². The van der Waals surface area contributed by atoms with Gasteiger partial charge in [-0.1, -0.05) is 6.07 Å². The number of aromatic nitrogens is 2. The minimum Gasteiger partial charge on any atom is -0.333 e. The van der Waals surface area contributed by atoms with Crippen LogP contribution < -0.4 is 5.56 Å². The molecule has 2 aromatic rings. The second-order valence-electron chi connectivity index (χ2n) is 5.94. The Labute approximate surface area is 134 Å².